The molecule has 1 aliphatic heterocycles. The van der Waals surface area contributed by atoms with Gasteiger partial charge in [-0.2, -0.15) is 0 Å². The largest absolute Gasteiger partial charge is 0.496 e. The molecular formula is C17H17NO3. The molecule has 4 heteroatoms. The number of ether oxygens (including phenoxy) is 2. The molecule has 1 atom stereocenters. The molecule has 0 fully saturated rings. The molecule has 1 unspecified atom stereocenters. The molecule has 21 heavy (non-hydrogen) atoms. The lowest BCUT2D eigenvalue weighted by atomic mass is 9.98. The molecule has 0 aliphatic carbocycles. The molecule has 0 N–H and O–H groups in total. The van der Waals surface area contributed by atoms with Crippen LogP contribution >= 0.6 is 0 Å². The highest BCUT2D eigenvalue weighted by molar-refractivity contribution is 5.94. The van der Waals surface area contributed by atoms with E-state index in [9.17, 15) is 4.79 Å². The Labute approximate surface area is 123 Å². The van der Waals surface area contributed by atoms with E-state index in [0.717, 1.165) is 22.6 Å². The molecule has 0 amide bonds. The number of benzene rings is 2. The van der Waals surface area contributed by atoms with Crippen LogP contribution in [0.15, 0.2) is 42.5 Å². The molecule has 4 nitrogen and oxygen atoms in total. The maximum absolute atomic E-state index is 12.0. The first-order valence-corrected chi connectivity index (χ1v) is 6.77. The molecule has 108 valence electrons. The fourth-order valence-corrected chi connectivity index (χ4v) is 2.57. The first kappa shape index (κ1) is 13.5. The summed E-state index contributed by atoms with van der Waals surface area (Å²) in [4.78, 5) is 14.0. The second kappa shape index (κ2) is 5.13. The van der Waals surface area contributed by atoms with Crippen molar-refractivity contribution in [3.63, 3.8) is 0 Å². The first-order chi connectivity index (χ1) is 10.1. The van der Waals surface area contributed by atoms with Crippen molar-refractivity contribution in [2.24, 2.45) is 0 Å². The third kappa shape index (κ3) is 2.23. The minimum absolute atomic E-state index is 0.283. The summed E-state index contributed by atoms with van der Waals surface area (Å²) >= 11 is 0. The van der Waals surface area contributed by atoms with Crippen molar-refractivity contribution in [3.8, 4) is 5.75 Å². The van der Waals surface area contributed by atoms with Gasteiger partial charge in [-0.25, -0.2) is 4.79 Å². The quantitative estimate of drug-likeness (QED) is 0.812. The molecule has 1 heterocycles. The van der Waals surface area contributed by atoms with Gasteiger partial charge in [0.1, 0.15) is 5.75 Å². The summed E-state index contributed by atoms with van der Waals surface area (Å²) < 4.78 is 11.0. The van der Waals surface area contributed by atoms with Gasteiger partial charge in [-0.15, -0.1) is 0 Å². The topological polar surface area (TPSA) is 38.8 Å². The summed E-state index contributed by atoms with van der Waals surface area (Å²) in [5, 5.41) is 0. The van der Waals surface area contributed by atoms with Crippen LogP contribution in [0.2, 0.25) is 0 Å². The average Bonchev–Trinajstić information content (AvgIpc) is 2.84. The lowest BCUT2D eigenvalue weighted by Gasteiger charge is -2.19. The summed E-state index contributed by atoms with van der Waals surface area (Å²) in [6.45, 7) is 0. The van der Waals surface area contributed by atoms with Gasteiger partial charge in [0.2, 0.25) is 0 Å². The van der Waals surface area contributed by atoms with Crippen molar-refractivity contribution in [2.45, 2.75) is 6.10 Å². The van der Waals surface area contributed by atoms with Crippen LogP contribution in [-0.2, 0) is 4.74 Å². The van der Waals surface area contributed by atoms with E-state index in [1.807, 2.05) is 55.4 Å². The van der Waals surface area contributed by atoms with E-state index in [2.05, 4.69) is 0 Å². The Hall–Kier alpha value is -2.49. The van der Waals surface area contributed by atoms with Gasteiger partial charge in [-0.3, -0.25) is 0 Å². The van der Waals surface area contributed by atoms with Crippen molar-refractivity contribution in [3.05, 3.63) is 59.2 Å². The molecule has 1 aliphatic rings. The predicted octanol–water partition coefficient (Wildman–Crippen LogP) is 3.02. The Morgan fingerprint density at radius 2 is 1.86 bits per heavy atom. The van der Waals surface area contributed by atoms with Crippen LogP contribution in [-0.4, -0.2) is 27.2 Å². The summed E-state index contributed by atoms with van der Waals surface area (Å²) in [7, 11) is 5.57. The van der Waals surface area contributed by atoms with Crippen molar-refractivity contribution in [1.29, 1.82) is 0 Å². The standard InChI is InChI=1S/C17H17NO3/c1-18(2)11-8-9-14(15(10-11)20-3)16-12-6-4-5-7-13(12)17(19)21-16/h4-10,16H,1-3H3. The van der Waals surface area contributed by atoms with Gasteiger partial charge in [-0.1, -0.05) is 18.2 Å². The number of fused-ring (bicyclic) bond motifs is 1. The highest BCUT2D eigenvalue weighted by atomic mass is 16.6. The van der Waals surface area contributed by atoms with E-state index in [1.54, 1.807) is 13.2 Å². The van der Waals surface area contributed by atoms with E-state index in [1.165, 1.54) is 0 Å². The van der Waals surface area contributed by atoms with Crippen LogP contribution in [0.4, 0.5) is 5.69 Å². The summed E-state index contributed by atoms with van der Waals surface area (Å²) in [6.07, 6.45) is -0.403. The molecule has 0 spiro atoms. The van der Waals surface area contributed by atoms with E-state index < -0.39 is 6.10 Å². The Morgan fingerprint density at radius 1 is 1.10 bits per heavy atom. The molecule has 3 rings (SSSR count). The van der Waals surface area contributed by atoms with E-state index >= 15 is 0 Å². The first-order valence-electron chi connectivity index (χ1n) is 6.77. The lowest BCUT2D eigenvalue weighted by molar-refractivity contribution is 0.0452. The van der Waals surface area contributed by atoms with Crippen molar-refractivity contribution in [2.75, 3.05) is 26.1 Å². The van der Waals surface area contributed by atoms with Crippen LogP contribution in [0.3, 0.4) is 0 Å². The summed E-state index contributed by atoms with van der Waals surface area (Å²) in [5.74, 6) is 0.435. The highest BCUT2D eigenvalue weighted by Crippen LogP contribution is 2.40. The van der Waals surface area contributed by atoms with Crippen LogP contribution < -0.4 is 9.64 Å². The zero-order chi connectivity index (χ0) is 15.0. The Bertz CT molecular complexity index is 694. The number of hydrogen-bond donors (Lipinski definition) is 0. The summed E-state index contributed by atoms with van der Waals surface area (Å²) in [6, 6.07) is 13.4. The zero-order valence-electron chi connectivity index (χ0n) is 12.3. The second-order valence-corrected chi connectivity index (χ2v) is 5.19. The Morgan fingerprint density at radius 3 is 2.57 bits per heavy atom. The molecule has 2 aromatic rings. The maximum Gasteiger partial charge on any atom is 0.339 e. The minimum Gasteiger partial charge on any atom is -0.496 e. The fraction of sp³-hybridized carbons (Fsp3) is 0.235. The number of rotatable bonds is 3. The number of anilines is 1. The lowest BCUT2D eigenvalue weighted by Crippen LogP contribution is -2.10. The number of methoxy groups -OCH3 is 1. The molecular weight excluding hydrogens is 266 g/mol. The average molecular weight is 283 g/mol. The fourth-order valence-electron chi connectivity index (χ4n) is 2.57. The van der Waals surface area contributed by atoms with Crippen molar-refractivity contribution >= 4 is 11.7 Å². The molecule has 0 radical (unpaired) electrons. The van der Waals surface area contributed by atoms with Crippen LogP contribution in [0.1, 0.15) is 27.6 Å². The van der Waals surface area contributed by atoms with Gasteiger partial charge in [-0.05, 0) is 18.2 Å². The summed E-state index contributed by atoms with van der Waals surface area (Å²) in [5.41, 5.74) is 3.41. The number of cyclic esters (lactones) is 1. The van der Waals surface area contributed by atoms with Gasteiger partial charge in [0.05, 0.1) is 12.7 Å². The monoisotopic (exact) mass is 283 g/mol. The molecule has 0 bridgehead atoms. The van der Waals surface area contributed by atoms with E-state index in [-0.39, 0.29) is 5.97 Å². The smallest absolute Gasteiger partial charge is 0.339 e. The van der Waals surface area contributed by atoms with Gasteiger partial charge < -0.3 is 14.4 Å². The number of nitrogens with zero attached hydrogens (tertiary/aromatic N) is 1. The number of carbonyl (C=O) groups is 1. The van der Waals surface area contributed by atoms with Crippen LogP contribution in [0.25, 0.3) is 0 Å². The zero-order valence-corrected chi connectivity index (χ0v) is 12.3. The SMILES string of the molecule is COc1cc(N(C)C)ccc1C1OC(=O)c2ccccc21. The normalized spacial score (nSPS) is 16.3. The second-order valence-electron chi connectivity index (χ2n) is 5.19. The van der Waals surface area contributed by atoms with Crippen molar-refractivity contribution < 1.29 is 14.3 Å². The molecule has 0 saturated heterocycles. The maximum atomic E-state index is 12.0. The van der Waals surface area contributed by atoms with E-state index in [0.29, 0.717) is 5.56 Å². The molecule has 0 saturated carbocycles. The third-order valence-corrected chi connectivity index (χ3v) is 3.70. The number of esters is 1. The molecule has 2 aromatic carbocycles. The third-order valence-electron chi connectivity index (χ3n) is 3.70. The van der Waals surface area contributed by atoms with Gasteiger partial charge in [0.15, 0.2) is 6.10 Å². The van der Waals surface area contributed by atoms with Gasteiger partial charge in [0.25, 0.3) is 0 Å². The van der Waals surface area contributed by atoms with Crippen LogP contribution in [0.5, 0.6) is 5.75 Å². The highest BCUT2D eigenvalue weighted by Gasteiger charge is 2.33. The predicted molar refractivity (Wildman–Crippen MR) is 81.0 cm³/mol. The van der Waals surface area contributed by atoms with E-state index in [4.69, 9.17) is 9.47 Å². The number of carbonyl (C=O) groups excluding carboxylic acids is 1. The van der Waals surface area contributed by atoms with Gasteiger partial charge in [0, 0.05) is 37.0 Å². The minimum atomic E-state index is -0.403. The Kier molecular flexibility index (Phi) is 3.29. The molecule has 0 aromatic heterocycles. The number of hydrogen-bond acceptors (Lipinski definition) is 4. The Balaban J connectivity index is 2.08. The van der Waals surface area contributed by atoms with Crippen LogP contribution in [0, 0.1) is 0 Å². The van der Waals surface area contributed by atoms with Crippen molar-refractivity contribution in [1.82, 2.24) is 0 Å². The van der Waals surface area contributed by atoms with Gasteiger partial charge >= 0.3 is 5.97 Å².